The van der Waals surface area contributed by atoms with E-state index in [0.717, 1.165) is 5.56 Å². The zero-order valence-electron chi connectivity index (χ0n) is 15.8. The van der Waals surface area contributed by atoms with Crippen LogP contribution < -0.4 is 0 Å². The molecule has 2 unspecified atom stereocenters. The first kappa shape index (κ1) is 18.1. The van der Waals surface area contributed by atoms with Gasteiger partial charge in [-0.25, -0.2) is 9.78 Å². The van der Waals surface area contributed by atoms with Crippen LogP contribution in [0, 0.1) is 0 Å². The Morgan fingerprint density at radius 2 is 1.97 bits per heavy atom. The molecular formula is C21H22N4O4. The molecule has 0 saturated carbocycles. The van der Waals surface area contributed by atoms with Crippen LogP contribution in [0.1, 0.15) is 24.1 Å². The molecule has 1 aromatic carbocycles. The van der Waals surface area contributed by atoms with Gasteiger partial charge in [-0.3, -0.25) is 14.3 Å². The number of aliphatic hydroxyl groups is 1. The van der Waals surface area contributed by atoms with Gasteiger partial charge < -0.3 is 14.6 Å². The van der Waals surface area contributed by atoms with E-state index in [1.54, 1.807) is 29.7 Å². The monoisotopic (exact) mass is 394 g/mol. The van der Waals surface area contributed by atoms with Gasteiger partial charge in [0.25, 0.3) is 0 Å². The normalized spacial score (nSPS) is 26.4. The lowest BCUT2D eigenvalue weighted by atomic mass is 9.79. The number of fused-ring (bicyclic) bond motifs is 3. The molecule has 3 aromatic rings. The van der Waals surface area contributed by atoms with E-state index < -0.39 is 5.60 Å². The Hall–Kier alpha value is -2.97. The van der Waals surface area contributed by atoms with Gasteiger partial charge in [-0.1, -0.05) is 30.3 Å². The molecule has 0 spiro atoms. The standard InChI is InChI=1S/C21H22N4O4/c26-20(29-12-15-4-2-1-3-5-15)25-16-8-21(27,9-17(25)14-28-13-16)18-10-23-19-11-22-6-7-24(18)19/h1-7,10-11,16-17,27H,8-9,12-14H2. The second-order valence-electron chi connectivity index (χ2n) is 7.68. The van der Waals surface area contributed by atoms with Crippen molar-refractivity contribution in [2.45, 2.75) is 37.1 Å². The summed E-state index contributed by atoms with van der Waals surface area (Å²) in [6.07, 6.45) is 7.17. The summed E-state index contributed by atoms with van der Waals surface area (Å²) in [6, 6.07) is 9.08. The third kappa shape index (κ3) is 3.24. The molecule has 2 saturated heterocycles. The zero-order chi connectivity index (χ0) is 19.8. The molecule has 5 rings (SSSR count). The summed E-state index contributed by atoms with van der Waals surface area (Å²) in [6.45, 7) is 0.968. The lowest BCUT2D eigenvalue weighted by Gasteiger charge is -2.50. The van der Waals surface area contributed by atoms with Crippen molar-refractivity contribution in [3.63, 3.8) is 0 Å². The maximum atomic E-state index is 12.8. The van der Waals surface area contributed by atoms with Crippen LogP contribution in [-0.2, 0) is 21.7 Å². The lowest BCUT2D eigenvalue weighted by molar-refractivity contribution is -0.138. The van der Waals surface area contributed by atoms with Crippen LogP contribution in [0.15, 0.2) is 55.1 Å². The number of nitrogens with zero attached hydrogens (tertiary/aromatic N) is 4. The summed E-state index contributed by atoms with van der Waals surface area (Å²) in [5.41, 5.74) is 1.23. The summed E-state index contributed by atoms with van der Waals surface area (Å²) in [7, 11) is 0. The molecule has 150 valence electrons. The fourth-order valence-electron chi connectivity index (χ4n) is 4.46. The first-order valence-corrected chi connectivity index (χ1v) is 9.71. The van der Waals surface area contributed by atoms with Gasteiger partial charge in [0.2, 0.25) is 0 Å². The first-order valence-electron chi connectivity index (χ1n) is 9.71. The number of carbonyl (C=O) groups is 1. The second kappa shape index (κ2) is 7.13. The van der Waals surface area contributed by atoms with E-state index >= 15 is 0 Å². The van der Waals surface area contributed by atoms with Crippen molar-refractivity contribution in [1.82, 2.24) is 19.3 Å². The number of hydrogen-bond acceptors (Lipinski definition) is 6. The van der Waals surface area contributed by atoms with E-state index in [1.165, 1.54) is 0 Å². The van der Waals surface area contributed by atoms with Crippen LogP contribution in [0.3, 0.4) is 0 Å². The van der Waals surface area contributed by atoms with Crippen molar-refractivity contribution >= 4 is 11.7 Å². The Balaban J connectivity index is 1.36. The number of benzene rings is 1. The molecule has 2 atom stereocenters. The number of rotatable bonds is 3. The predicted molar refractivity (Wildman–Crippen MR) is 103 cm³/mol. The molecule has 29 heavy (non-hydrogen) atoms. The molecule has 2 fully saturated rings. The molecule has 2 aliphatic heterocycles. The third-order valence-electron chi connectivity index (χ3n) is 5.76. The van der Waals surface area contributed by atoms with Crippen LogP contribution in [0.25, 0.3) is 5.65 Å². The summed E-state index contributed by atoms with van der Waals surface area (Å²) >= 11 is 0. The van der Waals surface area contributed by atoms with E-state index in [-0.39, 0.29) is 24.8 Å². The van der Waals surface area contributed by atoms with Crippen LogP contribution in [-0.4, -0.2) is 55.8 Å². The largest absolute Gasteiger partial charge is 0.445 e. The van der Waals surface area contributed by atoms with Crippen molar-refractivity contribution in [3.05, 3.63) is 66.4 Å². The van der Waals surface area contributed by atoms with Gasteiger partial charge in [0.05, 0.1) is 43.4 Å². The SMILES string of the molecule is O=C(OCc1ccccc1)N1C2COCC1CC(O)(c1cnc3cnccn13)C2. The van der Waals surface area contributed by atoms with Gasteiger partial charge in [0, 0.05) is 25.2 Å². The number of ether oxygens (including phenoxy) is 2. The Kier molecular flexibility index (Phi) is 4.44. The first-order chi connectivity index (χ1) is 14.1. The van der Waals surface area contributed by atoms with E-state index in [0.29, 0.717) is 37.4 Å². The van der Waals surface area contributed by atoms with Crippen molar-refractivity contribution < 1.29 is 19.4 Å². The van der Waals surface area contributed by atoms with Crippen LogP contribution in [0.5, 0.6) is 0 Å². The number of hydrogen-bond donors (Lipinski definition) is 1. The summed E-state index contributed by atoms with van der Waals surface area (Å²) in [5.74, 6) is 0. The highest BCUT2D eigenvalue weighted by Gasteiger charge is 2.50. The van der Waals surface area contributed by atoms with Gasteiger partial charge in [-0.15, -0.1) is 0 Å². The third-order valence-corrected chi connectivity index (χ3v) is 5.76. The minimum absolute atomic E-state index is 0.223. The topological polar surface area (TPSA) is 89.2 Å². The summed E-state index contributed by atoms with van der Waals surface area (Å²) in [4.78, 5) is 23.0. The fraction of sp³-hybridized carbons (Fsp3) is 0.381. The van der Waals surface area contributed by atoms with Gasteiger partial charge in [-0.05, 0) is 5.56 Å². The Morgan fingerprint density at radius 3 is 2.72 bits per heavy atom. The number of amides is 1. The molecule has 0 radical (unpaired) electrons. The van der Waals surface area contributed by atoms with Crippen molar-refractivity contribution in [1.29, 1.82) is 0 Å². The number of carbonyl (C=O) groups excluding carboxylic acids is 1. The second-order valence-corrected chi connectivity index (χ2v) is 7.68. The number of morpholine rings is 1. The van der Waals surface area contributed by atoms with Gasteiger partial charge in [0.1, 0.15) is 12.2 Å². The van der Waals surface area contributed by atoms with Crippen LogP contribution >= 0.6 is 0 Å². The van der Waals surface area contributed by atoms with E-state index in [9.17, 15) is 9.90 Å². The highest BCUT2D eigenvalue weighted by molar-refractivity contribution is 5.69. The summed E-state index contributed by atoms with van der Waals surface area (Å²) < 4.78 is 13.1. The maximum Gasteiger partial charge on any atom is 0.410 e. The van der Waals surface area contributed by atoms with E-state index in [1.807, 2.05) is 34.7 Å². The average molecular weight is 394 g/mol. The number of piperidine rings is 1. The fourth-order valence-corrected chi connectivity index (χ4v) is 4.46. The molecule has 1 N–H and O–H groups in total. The zero-order valence-corrected chi connectivity index (χ0v) is 15.8. The minimum Gasteiger partial charge on any atom is -0.445 e. The maximum absolute atomic E-state index is 12.8. The van der Waals surface area contributed by atoms with E-state index in [2.05, 4.69) is 9.97 Å². The van der Waals surface area contributed by atoms with Crippen molar-refractivity contribution in [2.24, 2.45) is 0 Å². The molecule has 1 amide bonds. The Labute approximate surface area is 167 Å². The molecule has 2 aliphatic rings. The molecule has 0 aliphatic carbocycles. The van der Waals surface area contributed by atoms with Crippen LogP contribution in [0.4, 0.5) is 4.79 Å². The van der Waals surface area contributed by atoms with Gasteiger partial charge in [0.15, 0.2) is 5.65 Å². The van der Waals surface area contributed by atoms with E-state index in [4.69, 9.17) is 9.47 Å². The molecule has 8 nitrogen and oxygen atoms in total. The smallest absolute Gasteiger partial charge is 0.410 e. The lowest BCUT2D eigenvalue weighted by Crippen LogP contribution is -2.62. The molecule has 2 aromatic heterocycles. The van der Waals surface area contributed by atoms with Gasteiger partial charge in [-0.2, -0.15) is 0 Å². The highest BCUT2D eigenvalue weighted by atomic mass is 16.6. The molecule has 8 heteroatoms. The van der Waals surface area contributed by atoms with Crippen LogP contribution in [0.2, 0.25) is 0 Å². The predicted octanol–water partition coefficient (Wildman–Crippen LogP) is 2.12. The molecular weight excluding hydrogens is 372 g/mol. The van der Waals surface area contributed by atoms with Gasteiger partial charge >= 0.3 is 6.09 Å². The number of aromatic nitrogens is 3. The quantitative estimate of drug-likeness (QED) is 0.732. The average Bonchev–Trinajstić information content (AvgIpc) is 3.17. The van der Waals surface area contributed by atoms with Crippen molar-refractivity contribution in [2.75, 3.05) is 13.2 Å². The summed E-state index contributed by atoms with van der Waals surface area (Å²) in [5, 5.41) is 11.5. The highest BCUT2D eigenvalue weighted by Crippen LogP contribution is 2.41. The molecule has 2 bridgehead atoms. The number of imidazole rings is 1. The Morgan fingerprint density at radius 1 is 1.21 bits per heavy atom. The van der Waals surface area contributed by atoms with Crippen molar-refractivity contribution in [3.8, 4) is 0 Å². The minimum atomic E-state index is -1.10. The Bertz CT molecular complexity index is 1010. The molecule has 4 heterocycles.